The monoisotopic (exact) mass is 416 g/mol. The van der Waals surface area contributed by atoms with Crippen LogP contribution >= 0.6 is 0 Å². The third-order valence-corrected chi connectivity index (χ3v) is 5.20. The number of fused-ring (bicyclic) bond motifs is 1. The van der Waals surface area contributed by atoms with E-state index >= 15 is 0 Å². The zero-order valence-corrected chi connectivity index (χ0v) is 18.1. The molecule has 4 aromatic rings. The minimum absolute atomic E-state index is 0.445. The fraction of sp³-hybridized carbons (Fsp3) is 0.269. The van der Waals surface area contributed by atoms with E-state index in [1.54, 1.807) is 7.11 Å². The van der Waals surface area contributed by atoms with Crippen molar-refractivity contribution in [3.05, 3.63) is 84.2 Å². The molecular weight excluding hydrogens is 388 g/mol. The highest BCUT2D eigenvalue weighted by Crippen LogP contribution is 2.20. The maximum Gasteiger partial charge on any atom is 0.147 e. The molecule has 0 saturated carbocycles. The van der Waals surface area contributed by atoms with Gasteiger partial charge in [0.05, 0.1) is 24.8 Å². The van der Waals surface area contributed by atoms with Gasteiger partial charge in [-0.05, 0) is 73.9 Å². The summed E-state index contributed by atoms with van der Waals surface area (Å²) in [4.78, 5) is 4.81. The van der Waals surface area contributed by atoms with Gasteiger partial charge in [-0.1, -0.05) is 24.3 Å². The molecule has 0 aliphatic carbocycles. The number of imidazole rings is 1. The Morgan fingerprint density at radius 1 is 0.806 bits per heavy atom. The Morgan fingerprint density at radius 3 is 2.42 bits per heavy atom. The quantitative estimate of drug-likeness (QED) is 0.307. The van der Waals surface area contributed by atoms with Crippen molar-refractivity contribution >= 4 is 11.0 Å². The van der Waals surface area contributed by atoms with Crippen molar-refractivity contribution in [1.82, 2.24) is 9.55 Å². The van der Waals surface area contributed by atoms with Gasteiger partial charge in [0, 0.05) is 6.54 Å². The van der Waals surface area contributed by atoms with E-state index in [4.69, 9.17) is 19.2 Å². The number of nitrogens with zero attached hydrogens (tertiary/aromatic N) is 2. The van der Waals surface area contributed by atoms with E-state index in [1.165, 1.54) is 5.56 Å². The number of benzene rings is 3. The van der Waals surface area contributed by atoms with Crippen LogP contribution in [-0.4, -0.2) is 23.3 Å². The molecule has 160 valence electrons. The molecule has 4 rings (SSSR count). The zero-order chi connectivity index (χ0) is 21.5. The van der Waals surface area contributed by atoms with Crippen LogP contribution in [0.5, 0.6) is 17.2 Å². The lowest BCUT2D eigenvalue weighted by molar-refractivity contribution is 0.285. The molecule has 0 atom stereocenters. The highest BCUT2D eigenvalue weighted by molar-refractivity contribution is 5.75. The molecule has 0 saturated heterocycles. The Kier molecular flexibility index (Phi) is 6.72. The molecule has 0 aliphatic rings. The van der Waals surface area contributed by atoms with Gasteiger partial charge >= 0.3 is 0 Å². The molecule has 0 amide bonds. The highest BCUT2D eigenvalue weighted by Gasteiger charge is 2.11. The van der Waals surface area contributed by atoms with Crippen molar-refractivity contribution in [3.8, 4) is 17.2 Å². The maximum atomic E-state index is 6.03. The molecule has 1 heterocycles. The fourth-order valence-corrected chi connectivity index (χ4v) is 3.57. The third kappa shape index (κ3) is 5.37. The minimum atomic E-state index is 0.445. The summed E-state index contributed by atoms with van der Waals surface area (Å²) in [5, 5.41) is 0. The number of methoxy groups -OCH3 is 1. The Labute approximate surface area is 183 Å². The van der Waals surface area contributed by atoms with E-state index in [2.05, 4.69) is 35.8 Å². The number of para-hydroxylation sites is 2. The van der Waals surface area contributed by atoms with Crippen molar-refractivity contribution < 1.29 is 14.2 Å². The summed E-state index contributed by atoms with van der Waals surface area (Å²) < 4.78 is 19.3. The normalized spacial score (nSPS) is 10.9. The summed E-state index contributed by atoms with van der Waals surface area (Å²) >= 11 is 0. The molecule has 1 aromatic heterocycles. The minimum Gasteiger partial charge on any atom is -0.497 e. The van der Waals surface area contributed by atoms with Gasteiger partial charge in [-0.25, -0.2) is 4.98 Å². The van der Waals surface area contributed by atoms with E-state index < -0.39 is 0 Å². The predicted molar refractivity (Wildman–Crippen MR) is 123 cm³/mol. The maximum absolute atomic E-state index is 6.03. The fourth-order valence-electron chi connectivity index (χ4n) is 3.57. The lowest BCUT2D eigenvalue weighted by Gasteiger charge is -2.11. The van der Waals surface area contributed by atoms with Crippen LogP contribution in [0.4, 0.5) is 0 Å². The van der Waals surface area contributed by atoms with Crippen LogP contribution < -0.4 is 14.2 Å². The lowest BCUT2D eigenvalue weighted by atomic mass is 10.2. The summed E-state index contributed by atoms with van der Waals surface area (Å²) in [6, 6.07) is 24.0. The smallest absolute Gasteiger partial charge is 0.147 e. The van der Waals surface area contributed by atoms with Gasteiger partial charge in [0.2, 0.25) is 0 Å². The Morgan fingerprint density at radius 2 is 1.61 bits per heavy atom. The Balaban J connectivity index is 1.36. The van der Waals surface area contributed by atoms with E-state index in [9.17, 15) is 0 Å². The molecule has 3 aromatic carbocycles. The molecule has 0 radical (unpaired) electrons. The summed E-state index contributed by atoms with van der Waals surface area (Å²) in [5.41, 5.74) is 3.32. The van der Waals surface area contributed by atoms with Crippen LogP contribution in [-0.2, 0) is 13.2 Å². The van der Waals surface area contributed by atoms with Crippen LogP contribution in [0, 0.1) is 6.92 Å². The topological polar surface area (TPSA) is 45.5 Å². The van der Waals surface area contributed by atoms with Gasteiger partial charge in [0.15, 0.2) is 0 Å². The van der Waals surface area contributed by atoms with Crippen molar-refractivity contribution in [2.75, 3.05) is 13.7 Å². The molecule has 5 heteroatoms. The van der Waals surface area contributed by atoms with Gasteiger partial charge in [0.25, 0.3) is 0 Å². The van der Waals surface area contributed by atoms with Crippen molar-refractivity contribution in [2.24, 2.45) is 0 Å². The molecule has 31 heavy (non-hydrogen) atoms. The highest BCUT2D eigenvalue weighted by atomic mass is 16.5. The first kappa shape index (κ1) is 20.8. The molecule has 0 N–H and O–H groups in total. The Hall–Kier alpha value is -3.47. The molecule has 0 unspecified atom stereocenters. The van der Waals surface area contributed by atoms with Crippen LogP contribution in [0.25, 0.3) is 11.0 Å². The van der Waals surface area contributed by atoms with E-state index in [-0.39, 0.29) is 0 Å². The summed E-state index contributed by atoms with van der Waals surface area (Å²) in [6.07, 6.45) is 1.95. The average Bonchev–Trinajstić information content (AvgIpc) is 3.15. The van der Waals surface area contributed by atoms with Gasteiger partial charge in [-0.15, -0.1) is 0 Å². The molecule has 0 fully saturated rings. The standard InChI is InChI=1S/C26H28N2O3/c1-20-8-7-9-23(18-20)31-19-26-27-24-10-3-4-11-25(24)28(26)16-5-6-17-30-22-14-12-21(29-2)13-15-22/h3-4,7-15,18H,5-6,16-17,19H2,1-2H3. The number of aryl methyl sites for hydroxylation is 2. The number of rotatable bonds is 10. The SMILES string of the molecule is COc1ccc(OCCCCn2c(COc3cccc(C)c3)nc3ccccc32)cc1. The lowest BCUT2D eigenvalue weighted by Crippen LogP contribution is -2.09. The molecular formula is C26H28N2O3. The van der Waals surface area contributed by atoms with Gasteiger partial charge < -0.3 is 18.8 Å². The van der Waals surface area contributed by atoms with Crippen LogP contribution in [0.15, 0.2) is 72.8 Å². The average molecular weight is 417 g/mol. The van der Waals surface area contributed by atoms with Crippen molar-refractivity contribution in [3.63, 3.8) is 0 Å². The molecule has 5 nitrogen and oxygen atoms in total. The number of hydrogen-bond acceptors (Lipinski definition) is 4. The molecule has 0 spiro atoms. The van der Waals surface area contributed by atoms with Crippen LogP contribution in [0.2, 0.25) is 0 Å². The number of ether oxygens (including phenoxy) is 3. The summed E-state index contributed by atoms with van der Waals surface area (Å²) in [5.74, 6) is 3.51. The predicted octanol–water partition coefficient (Wildman–Crippen LogP) is 5.79. The first-order valence-corrected chi connectivity index (χ1v) is 10.6. The van der Waals surface area contributed by atoms with E-state index in [0.717, 1.165) is 53.5 Å². The van der Waals surface area contributed by atoms with Crippen molar-refractivity contribution in [1.29, 1.82) is 0 Å². The number of aromatic nitrogens is 2. The second kappa shape index (κ2) is 10.0. The molecule has 0 bridgehead atoms. The Bertz CT molecular complexity index is 1120. The van der Waals surface area contributed by atoms with Gasteiger partial charge in [0.1, 0.15) is 29.7 Å². The largest absolute Gasteiger partial charge is 0.497 e. The first-order chi connectivity index (χ1) is 15.2. The van der Waals surface area contributed by atoms with Crippen LogP contribution in [0.1, 0.15) is 24.2 Å². The number of unbranched alkanes of at least 4 members (excludes halogenated alkanes) is 1. The van der Waals surface area contributed by atoms with Gasteiger partial charge in [-0.3, -0.25) is 0 Å². The third-order valence-electron chi connectivity index (χ3n) is 5.20. The van der Waals surface area contributed by atoms with Crippen molar-refractivity contribution in [2.45, 2.75) is 32.9 Å². The first-order valence-electron chi connectivity index (χ1n) is 10.6. The van der Waals surface area contributed by atoms with Crippen LogP contribution in [0.3, 0.4) is 0 Å². The van der Waals surface area contributed by atoms with E-state index in [0.29, 0.717) is 13.2 Å². The summed E-state index contributed by atoms with van der Waals surface area (Å²) in [6.45, 7) is 4.06. The molecule has 0 aliphatic heterocycles. The van der Waals surface area contributed by atoms with E-state index in [1.807, 2.05) is 48.5 Å². The van der Waals surface area contributed by atoms with Gasteiger partial charge in [-0.2, -0.15) is 0 Å². The number of hydrogen-bond donors (Lipinski definition) is 0. The second-order valence-corrected chi connectivity index (χ2v) is 7.50. The summed E-state index contributed by atoms with van der Waals surface area (Å²) in [7, 11) is 1.66. The zero-order valence-electron chi connectivity index (χ0n) is 18.1. The second-order valence-electron chi connectivity index (χ2n) is 7.50.